The Bertz CT molecular complexity index is 571. The fourth-order valence-electron chi connectivity index (χ4n) is 1.95. The Morgan fingerprint density at radius 3 is 2.50 bits per heavy atom. The van der Waals surface area contributed by atoms with E-state index in [4.69, 9.17) is 0 Å². The van der Waals surface area contributed by atoms with Gasteiger partial charge in [0.25, 0.3) is 0 Å². The summed E-state index contributed by atoms with van der Waals surface area (Å²) in [6.45, 7) is 8.73. The number of aromatic nitrogens is 4. The molecule has 5 heteroatoms. The topological polar surface area (TPSA) is 55.6 Å². The summed E-state index contributed by atoms with van der Waals surface area (Å²) in [7, 11) is 1.96. The van der Waals surface area contributed by atoms with Crippen LogP contribution >= 0.6 is 0 Å². The van der Waals surface area contributed by atoms with Gasteiger partial charge in [-0.15, -0.1) is 0 Å². The summed E-state index contributed by atoms with van der Waals surface area (Å²) in [6, 6.07) is 0. The second-order valence-corrected chi connectivity index (χ2v) is 4.57. The number of nitrogens with zero attached hydrogens (tertiary/aromatic N) is 4. The van der Waals surface area contributed by atoms with Gasteiger partial charge in [-0.1, -0.05) is 0 Å². The summed E-state index contributed by atoms with van der Waals surface area (Å²) in [6.07, 6.45) is 1.78. The minimum absolute atomic E-state index is 0.727. The summed E-state index contributed by atoms with van der Waals surface area (Å²) in [5.41, 5.74) is 5.29. The molecule has 2 heterocycles. The van der Waals surface area contributed by atoms with E-state index in [-0.39, 0.29) is 0 Å². The zero-order valence-electron chi connectivity index (χ0n) is 11.6. The van der Waals surface area contributed by atoms with Crippen molar-refractivity contribution in [3.8, 4) is 0 Å². The number of rotatable bonds is 3. The highest BCUT2D eigenvalue weighted by atomic mass is 15.3. The molecule has 2 rings (SSSR count). The summed E-state index contributed by atoms with van der Waals surface area (Å²) >= 11 is 0. The maximum atomic E-state index is 4.45. The molecule has 5 nitrogen and oxygen atoms in total. The Kier molecular flexibility index (Phi) is 3.32. The first-order valence-corrected chi connectivity index (χ1v) is 6.02. The van der Waals surface area contributed by atoms with Crippen LogP contribution < -0.4 is 5.32 Å². The van der Waals surface area contributed by atoms with Crippen molar-refractivity contribution in [1.82, 2.24) is 19.7 Å². The molecule has 0 saturated carbocycles. The molecule has 0 atom stereocenters. The lowest BCUT2D eigenvalue weighted by Crippen LogP contribution is -2.07. The highest BCUT2D eigenvalue weighted by molar-refractivity contribution is 5.41. The van der Waals surface area contributed by atoms with E-state index >= 15 is 0 Å². The standard InChI is InChI=1S/C13H19N5/c1-8-6-14-10(3)13(16-8)15-7-12-9(2)17-18(5)11(12)4/h6H,7H2,1-5H3,(H,15,16). The van der Waals surface area contributed by atoms with Crippen LogP contribution in [0.15, 0.2) is 6.20 Å². The van der Waals surface area contributed by atoms with E-state index in [1.165, 1.54) is 11.3 Å². The quantitative estimate of drug-likeness (QED) is 0.899. The maximum Gasteiger partial charge on any atom is 0.148 e. The van der Waals surface area contributed by atoms with Crippen LogP contribution in [-0.2, 0) is 13.6 Å². The Morgan fingerprint density at radius 1 is 1.17 bits per heavy atom. The molecule has 0 fully saturated rings. The van der Waals surface area contributed by atoms with Crippen molar-refractivity contribution in [1.29, 1.82) is 0 Å². The lowest BCUT2D eigenvalue weighted by molar-refractivity contribution is 0.730. The van der Waals surface area contributed by atoms with Crippen LogP contribution in [0, 0.1) is 27.7 Å². The number of anilines is 1. The van der Waals surface area contributed by atoms with Gasteiger partial charge >= 0.3 is 0 Å². The van der Waals surface area contributed by atoms with Crippen LogP contribution in [0.4, 0.5) is 5.82 Å². The third-order valence-electron chi connectivity index (χ3n) is 3.17. The van der Waals surface area contributed by atoms with Gasteiger partial charge in [-0.2, -0.15) is 5.10 Å². The fraction of sp³-hybridized carbons (Fsp3) is 0.462. The first kappa shape index (κ1) is 12.5. The van der Waals surface area contributed by atoms with Gasteiger partial charge < -0.3 is 5.32 Å². The highest BCUT2D eigenvalue weighted by Gasteiger charge is 2.10. The van der Waals surface area contributed by atoms with Crippen molar-refractivity contribution in [3.05, 3.63) is 34.5 Å². The number of nitrogens with one attached hydrogen (secondary N) is 1. The Morgan fingerprint density at radius 2 is 1.89 bits per heavy atom. The number of hydrogen-bond donors (Lipinski definition) is 1. The van der Waals surface area contributed by atoms with Gasteiger partial charge in [0.2, 0.25) is 0 Å². The Balaban J connectivity index is 2.19. The molecule has 0 bridgehead atoms. The minimum Gasteiger partial charge on any atom is -0.364 e. The Hall–Kier alpha value is -1.91. The number of aryl methyl sites for hydroxylation is 4. The second-order valence-electron chi connectivity index (χ2n) is 4.57. The predicted molar refractivity (Wildman–Crippen MR) is 71.5 cm³/mol. The summed E-state index contributed by atoms with van der Waals surface area (Å²) < 4.78 is 1.90. The van der Waals surface area contributed by atoms with Crippen molar-refractivity contribution >= 4 is 5.82 Å². The van der Waals surface area contributed by atoms with Gasteiger partial charge in [-0.25, -0.2) is 4.98 Å². The first-order valence-electron chi connectivity index (χ1n) is 6.02. The average Bonchev–Trinajstić information content (AvgIpc) is 2.55. The zero-order valence-corrected chi connectivity index (χ0v) is 11.6. The van der Waals surface area contributed by atoms with E-state index in [2.05, 4.69) is 27.3 Å². The molecule has 0 aromatic carbocycles. The lowest BCUT2D eigenvalue weighted by Gasteiger charge is -2.09. The van der Waals surface area contributed by atoms with Crippen molar-refractivity contribution < 1.29 is 0 Å². The third-order valence-corrected chi connectivity index (χ3v) is 3.17. The summed E-state index contributed by atoms with van der Waals surface area (Å²) in [5.74, 6) is 0.845. The van der Waals surface area contributed by atoms with E-state index in [1.54, 1.807) is 6.20 Å². The van der Waals surface area contributed by atoms with Gasteiger partial charge in [-0.05, 0) is 27.7 Å². The second kappa shape index (κ2) is 4.76. The molecule has 0 unspecified atom stereocenters. The van der Waals surface area contributed by atoms with Gasteiger partial charge in [0.1, 0.15) is 5.82 Å². The van der Waals surface area contributed by atoms with Crippen LogP contribution in [-0.4, -0.2) is 19.7 Å². The van der Waals surface area contributed by atoms with Crippen molar-refractivity contribution in [2.75, 3.05) is 5.32 Å². The molecule has 0 amide bonds. The molecule has 0 spiro atoms. The zero-order chi connectivity index (χ0) is 13.3. The van der Waals surface area contributed by atoms with Crippen LogP contribution in [0.25, 0.3) is 0 Å². The van der Waals surface area contributed by atoms with Crippen molar-refractivity contribution in [3.63, 3.8) is 0 Å². The monoisotopic (exact) mass is 245 g/mol. The molecule has 2 aromatic rings. The SMILES string of the molecule is Cc1cnc(C)c(NCc2c(C)nn(C)c2C)n1. The normalized spacial score (nSPS) is 10.7. The molecule has 0 aliphatic rings. The molecule has 0 saturated heterocycles. The van der Waals surface area contributed by atoms with Crippen LogP contribution in [0.5, 0.6) is 0 Å². The highest BCUT2D eigenvalue weighted by Crippen LogP contribution is 2.15. The molecule has 96 valence electrons. The molecular formula is C13H19N5. The first-order chi connectivity index (χ1) is 8.49. The molecule has 1 N–H and O–H groups in total. The van der Waals surface area contributed by atoms with Crippen molar-refractivity contribution in [2.24, 2.45) is 7.05 Å². The van der Waals surface area contributed by atoms with Crippen LogP contribution in [0.2, 0.25) is 0 Å². The largest absolute Gasteiger partial charge is 0.364 e. The summed E-state index contributed by atoms with van der Waals surface area (Å²) in [4.78, 5) is 8.75. The Labute approximate surface area is 107 Å². The smallest absolute Gasteiger partial charge is 0.148 e. The molecule has 2 aromatic heterocycles. The molecular weight excluding hydrogens is 226 g/mol. The van der Waals surface area contributed by atoms with E-state index in [9.17, 15) is 0 Å². The van der Waals surface area contributed by atoms with E-state index in [0.29, 0.717) is 0 Å². The summed E-state index contributed by atoms with van der Waals surface area (Å²) in [5, 5.41) is 7.74. The minimum atomic E-state index is 0.727. The van der Waals surface area contributed by atoms with Gasteiger partial charge in [0.05, 0.1) is 17.1 Å². The van der Waals surface area contributed by atoms with E-state index < -0.39 is 0 Å². The fourth-order valence-corrected chi connectivity index (χ4v) is 1.95. The number of hydrogen-bond acceptors (Lipinski definition) is 4. The molecule has 0 aliphatic heterocycles. The van der Waals surface area contributed by atoms with E-state index in [1.807, 2.05) is 32.5 Å². The molecule has 18 heavy (non-hydrogen) atoms. The van der Waals surface area contributed by atoms with Crippen LogP contribution in [0.3, 0.4) is 0 Å². The lowest BCUT2D eigenvalue weighted by atomic mass is 10.2. The van der Waals surface area contributed by atoms with Gasteiger partial charge in [0.15, 0.2) is 0 Å². The molecule has 0 radical (unpaired) electrons. The average molecular weight is 245 g/mol. The van der Waals surface area contributed by atoms with Crippen LogP contribution in [0.1, 0.15) is 28.3 Å². The maximum absolute atomic E-state index is 4.45. The van der Waals surface area contributed by atoms with Crippen molar-refractivity contribution in [2.45, 2.75) is 34.2 Å². The predicted octanol–water partition coefficient (Wildman–Crippen LogP) is 2.06. The third kappa shape index (κ3) is 2.34. The molecule has 0 aliphatic carbocycles. The van der Waals surface area contributed by atoms with Gasteiger partial charge in [-0.3, -0.25) is 9.67 Å². The van der Waals surface area contributed by atoms with Gasteiger partial charge in [0, 0.05) is 31.0 Å². The van der Waals surface area contributed by atoms with E-state index in [0.717, 1.165) is 29.4 Å².